The number of urea groups is 1. The minimum absolute atomic E-state index is 0.0906. The summed E-state index contributed by atoms with van der Waals surface area (Å²) in [7, 11) is 0. The van der Waals surface area contributed by atoms with Crippen molar-refractivity contribution in [1.29, 1.82) is 0 Å². The first-order valence-electron chi connectivity index (χ1n) is 11.0. The molecule has 4 rings (SSSR count). The summed E-state index contributed by atoms with van der Waals surface area (Å²) in [6, 6.07) is 16.6. The summed E-state index contributed by atoms with van der Waals surface area (Å²) in [4.78, 5) is 42.3. The average molecular weight is 420 g/mol. The van der Waals surface area contributed by atoms with Crippen LogP contribution in [-0.2, 0) is 15.1 Å². The number of imide groups is 1. The van der Waals surface area contributed by atoms with Crippen LogP contribution in [0.4, 0.5) is 10.5 Å². The predicted octanol–water partition coefficient (Wildman–Crippen LogP) is 4.13. The maximum Gasteiger partial charge on any atom is 0.325 e. The third-order valence-electron chi connectivity index (χ3n) is 6.44. The molecule has 0 unspecified atom stereocenters. The number of anilines is 1. The van der Waals surface area contributed by atoms with Gasteiger partial charge in [0.15, 0.2) is 0 Å². The lowest BCUT2D eigenvalue weighted by atomic mass is 9.91. The highest BCUT2D eigenvalue weighted by Crippen LogP contribution is 2.31. The van der Waals surface area contributed by atoms with Crippen LogP contribution in [0.15, 0.2) is 54.6 Å². The fourth-order valence-electron chi connectivity index (χ4n) is 4.62. The molecule has 1 aliphatic carbocycles. The van der Waals surface area contributed by atoms with Gasteiger partial charge in [0.2, 0.25) is 5.91 Å². The molecule has 162 valence electrons. The van der Waals surface area contributed by atoms with Gasteiger partial charge in [0.1, 0.15) is 12.1 Å². The summed E-state index contributed by atoms with van der Waals surface area (Å²) in [5.41, 5.74) is 1.42. The first-order chi connectivity index (χ1) is 14.9. The van der Waals surface area contributed by atoms with Gasteiger partial charge in [-0.1, -0.05) is 67.3 Å². The van der Waals surface area contributed by atoms with Gasteiger partial charge in [0.25, 0.3) is 5.91 Å². The molecule has 6 nitrogen and oxygen atoms in total. The van der Waals surface area contributed by atoms with Crippen LogP contribution in [0, 0.1) is 6.92 Å². The van der Waals surface area contributed by atoms with Crippen LogP contribution in [0.5, 0.6) is 0 Å². The van der Waals surface area contributed by atoms with E-state index in [1.165, 1.54) is 6.42 Å². The van der Waals surface area contributed by atoms with Crippen molar-refractivity contribution in [3.8, 4) is 0 Å². The van der Waals surface area contributed by atoms with E-state index in [2.05, 4.69) is 5.32 Å². The van der Waals surface area contributed by atoms with Gasteiger partial charge in [-0.15, -0.1) is 0 Å². The van der Waals surface area contributed by atoms with E-state index in [1.54, 1.807) is 11.8 Å². The maximum absolute atomic E-state index is 13.4. The highest BCUT2D eigenvalue weighted by molar-refractivity contribution is 6.10. The fourth-order valence-corrected chi connectivity index (χ4v) is 4.62. The van der Waals surface area contributed by atoms with Crippen LogP contribution < -0.4 is 10.2 Å². The van der Waals surface area contributed by atoms with Crippen molar-refractivity contribution in [2.75, 3.05) is 11.4 Å². The summed E-state index contributed by atoms with van der Waals surface area (Å²) in [5.74, 6) is -0.624. The van der Waals surface area contributed by atoms with E-state index in [9.17, 15) is 14.4 Å². The lowest BCUT2D eigenvalue weighted by molar-refractivity contribution is -0.134. The molecule has 0 bridgehead atoms. The van der Waals surface area contributed by atoms with Crippen LogP contribution in [0.2, 0.25) is 0 Å². The van der Waals surface area contributed by atoms with Crippen molar-refractivity contribution in [2.24, 2.45) is 0 Å². The lowest BCUT2D eigenvalue weighted by Gasteiger charge is -2.35. The van der Waals surface area contributed by atoms with E-state index in [0.29, 0.717) is 5.56 Å². The standard InChI is InChI=1S/C25H29N3O3/c1-18-13-15-19(16-14-18)25(2)23(30)27(24(31)26-25)17-22(29)28(20-9-5-3-6-10-20)21-11-7-4-8-12-21/h3,5-6,9-10,13-16,21H,4,7-8,11-12,17H2,1-2H3,(H,26,31)/t25-/m1/s1. The molecular weight excluding hydrogens is 390 g/mol. The molecule has 1 saturated heterocycles. The molecular formula is C25H29N3O3. The maximum atomic E-state index is 13.4. The minimum atomic E-state index is -1.17. The quantitative estimate of drug-likeness (QED) is 0.741. The highest BCUT2D eigenvalue weighted by Gasteiger charge is 2.50. The second kappa shape index (κ2) is 8.53. The van der Waals surface area contributed by atoms with Gasteiger partial charge in [0.05, 0.1) is 0 Å². The Morgan fingerprint density at radius 3 is 2.32 bits per heavy atom. The number of benzene rings is 2. The first-order valence-corrected chi connectivity index (χ1v) is 11.0. The topological polar surface area (TPSA) is 69.7 Å². The van der Waals surface area contributed by atoms with E-state index in [-0.39, 0.29) is 18.5 Å². The summed E-state index contributed by atoms with van der Waals surface area (Å²) in [5, 5.41) is 2.80. The van der Waals surface area contributed by atoms with Crippen LogP contribution in [0.3, 0.4) is 0 Å². The zero-order valence-electron chi connectivity index (χ0n) is 18.1. The largest absolute Gasteiger partial charge is 0.325 e. The molecule has 4 amide bonds. The molecule has 0 radical (unpaired) electrons. The summed E-state index contributed by atoms with van der Waals surface area (Å²) in [6.45, 7) is 3.39. The molecule has 6 heteroatoms. The third kappa shape index (κ3) is 4.07. The molecule has 0 aromatic heterocycles. The van der Waals surface area contributed by atoms with Gasteiger partial charge < -0.3 is 10.2 Å². The normalized spacial score (nSPS) is 21.8. The number of aryl methyl sites for hydroxylation is 1. The van der Waals surface area contributed by atoms with Gasteiger partial charge in [-0.25, -0.2) is 4.79 Å². The van der Waals surface area contributed by atoms with Gasteiger partial charge in [-0.3, -0.25) is 14.5 Å². The van der Waals surface area contributed by atoms with Gasteiger partial charge in [-0.05, 0) is 44.4 Å². The number of hydrogen-bond donors (Lipinski definition) is 1. The van der Waals surface area contributed by atoms with Crippen LogP contribution in [0.1, 0.15) is 50.2 Å². The third-order valence-corrected chi connectivity index (χ3v) is 6.44. The molecule has 1 aliphatic heterocycles. The number of carbonyl (C=O) groups is 3. The zero-order valence-corrected chi connectivity index (χ0v) is 18.1. The summed E-state index contributed by atoms with van der Waals surface area (Å²) in [6.07, 6.45) is 5.20. The molecule has 2 aromatic carbocycles. The van der Waals surface area contributed by atoms with Crippen molar-refractivity contribution in [3.63, 3.8) is 0 Å². The second-order valence-electron chi connectivity index (χ2n) is 8.70. The Morgan fingerprint density at radius 1 is 1.03 bits per heavy atom. The Labute approximate surface area is 183 Å². The SMILES string of the molecule is Cc1ccc([C@@]2(C)NC(=O)N(CC(=O)N(c3ccccc3)C3CCCCC3)C2=O)cc1. The Kier molecular flexibility index (Phi) is 5.81. The minimum Gasteiger partial charge on any atom is -0.319 e. The number of amides is 4. The van der Waals surface area contributed by atoms with Crippen molar-refractivity contribution < 1.29 is 14.4 Å². The van der Waals surface area contributed by atoms with Crippen molar-refractivity contribution >= 4 is 23.5 Å². The smallest absolute Gasteiger partial charge is 0.319 e. The lowest BCUT2D eigenvalue weighted by Crippen LogP contribution is -2.48. The van der Waals surface area contributed by atoms with Crippen LogP contribution in [-0.4, -0.2) is 35.3 Å². The molecule has 1 N–H and O–H groups in total. The summed E-state index contributed by atoms with van der Waals surface area (Å²) >= 11 is 0. The molecule has 2 fully saturated rings. The molecule has 2 aliphatic rings. The van der Waals surface area contributed by atoms with E-state index in [0.717, 1.165) is 41.8 Å². The average Bonchev–Trinajstić information content (AvgIpc) is 3.00. The molecule has 1 atom stereocenters. The molecule has 0 spiro atoms. The van der Waals surface area contributed by atoms with E-state index < -0.39 is 17.5 Å². The highest BCUT2D eigenvalue weighted by atomic mass is 16.2. The number of para-hydroxylation sites is 1. The van der Waals surface area contributed by atoms with Gasteiger partial charge >= 0.3 is 6.03 Å². The second-order valence-corrected chi connectivity index (χ2v) is 8.70. The zero-order chi connectivity index (χ0) is 22.0. The van der Waals surface area contributed by atoms with Gasteiger partial charge in [-0.2, -0.15) is 0 Å². The van der Waals surface area contributed by atoms with Crippen molar-refractivity contribution in [2.45, 2.75) is 57.5 Å². The molecule has 1 saturated carbocycles. The van der Waals surface area contributed by atoms with Crippen molar-refractivity contribution in [1.82, 2.24) is 10.2 Å². The first kappa shape index (κ1) is 21.1. The number of nitrogens with zero attached hydrogens (tertiary/aromatic N) is 2. The van der Waals surface area contributed by atoms with E-state index in [4.69, 9.17) is 0 Å². The fraction of sp³-hybridized carbons (Fsp3) is 0.400. The van der Waals surface area contributed by atoms with Crippen LogP contribution >= 0.6 is 0 Å². The Bertz CT molecular complexity index is 967. The van der Waals surface area contributed by atoms with E-state index in [1.807, 2.05) is 61.5 Å². The molecule has 2 aromatic rings. The number of rotatable bonds is 5. The Morgan fingerprint density at radius 2 is 1.68 bits per heavy atom. The Hall–Kier alpha value is -3.15. The monoisotopic (exact) mass is 419 g/mol. The van der Waals surface area contributed by atoms with E-state index >= 15 is 0 Å². The number of nitrogens with one attached hydrogen (secondary N) is 1. The number of carbonyl (C=O) groups excluding carboxylic acids is 3. The van der Waals surface area contributed by atoms with Gasteiger partial charge in [0, 0.05) is 11.7 Å². The Balaban J connectivity index is 1.57. The van der Waals surface area contributed by atoms with Crippen LogP contribution in [0.25, 0.3) is 0 Å². The van der Waals surface area contributed by atoms with Crippen molar-refractivity contribution in [3.05, 3.63) is 65.7 Å². The summed E-state index contributed by atoms with van der Waals surface area (Å²) < 4.78 is 0. The predicted molar refractivity (Wildman–Crippen MR) is 120 cm³/mol. The number of hydrogen-bond acceptors (Lipinski definition) is 3. The molecule has 31 heavy (non-hydrogen) atoms. The molecule has 1 heterocycles.